The number of rotatable bonds is 8. The van der Waals surface area contributed by atoms with Crippen LogP contribution in [-0.2, 0) is 19.7 Å². The summed E-state index contributed by atoms with van der Waals surface area (Å²) >= 11 is 6.46. The Balaban J connectivity index is 1.65. The molecular weight excluding hydrogens is 360 g/mol. The molecule has 0 aliphatic carbocycles. The average Bonchev–Trinajstić information content (AvgIpc) is 2.67. The van der Waals surface area contributed by atoms with Gasteiger partial charge in [0.15, 0.2) is 11.5 Å². The molecule has 0 aliphatic heterocycles. The van der Waals surface area contributed by atoms with E-state index in [0.717, 1.165) is 23.2 Å². The summed E-state index contributed by atoms with van der Waals surface area (Å²) in [6.07, 6.45) is 3.62. The van der Waals surface area contributed by atoms with E-state index in [9.17, 15) is 0 Å². The highest BCUT2D eigenvalue weighted by atomic mass is 35.5. The Morgan fingerprint density at radius 2 is 1.81 bits per heavy atom. The van der Waals surface area contributed by atoms with E-state index >= 15 is 0 Å². The Kier molecular flexibility index (Phi) is 6.69. The number of benzene rings is 2. The summed E-state index contributed by atoms with van der Waals surface area (Å²) in [4.78, 5) is 4.12. The monoisotopic (exact) mass is 382 g/mol. The summed E-state index contributed by atoms with van der Waals surface area (Å²) in [7, 11) is 1.62. The van der Waals surface area contributed by atoms with E-state index in [1.165, 1.54) is 5.56 Å². The number of nitrogens with one attached hydrogen (secondary N) is 1. The first kappa shape index (κ1) is 19.2. The average molecular weight is 383 g/mol. The van der Waals surface area contributed by atoms with Crippen molar-refractivity contribution < 1.29 is 9.47 Å². The van der Waals surface area contributed by atoms with Gasteiger partial charge in [-0.05, 0) is 41.8 Å². The van der Waals surface area contributed by atoms with Crippen molar-refractivity contribution >= 4 is 11.6 Å². The second-order valence-electron chi connectivity index (χ2n) is 6.35. The number of nitrogens with zero attached hydrogens (tertiary/aromatic N) is 1. The lowest BCUT2D eigenvalue weighted by atomic mass is 10.1. The third kappa shape index (κ3) is 5.46. The molecule has 140 valence electrons. The maximum atomic E-state index is 6.46. The van der Waals surface area contributed by atoms with Crippen LogP contribution in [0.2, 0.25) is 5.02 Å². The van der Waals surface area contributed by atoms with Gasteiger partial charge >= 0.3 is 0 Å². The van der Waals surface area contributed by atoms with Crippen molar-refractivity contribution in [3.63, 3.8) is 0 Å². The molecule has 1 heterocycles. The summed E-state index contributed by atoms with van der Waals surface area (Å²) in [6, 6.07) is 16.0. The van der Waals surface area contributed by atoms with Gasteiger partial charge in [0, 0.05) is 25.5 Å². The minimum absolute atomic E-state index is 0.441. The minimum Gasteiger partial charge on any atom is -0.493 e. The second kappa shape index (κ2) is 9.40. The quantitative estimate of drug-likeness (QED) is 0.600. The first-order valence-corrected chi connectivity index (χ1v) is 9.18. The van der Waals surface area contributed by atoms with Gasteiger partial charge in [0.05, 0.1) is 12.1 Å². The third-order valence-electron chi connectivity index (χ3n) is 4.14. The molecule has 27 heavy (non-hydrogen) atoms. The summed E-state index contributed by atoms with van der Waals surface area (Å²) in [5.41, 5.74) is 4.46. The summed E-state index contributed by atoms with van der Waals surface area (Å²) in [6.45, 7) is 3.91. The van der Waals surface area contributed by atoms with Gasteiger partial charge in [-0.1, -0.05) is 47.5 Å². The summed E-state index contributed by atoms with van der Waals surface area (Å²) in [5.74, 6) is 1.20. The van der Waals surface area contributed by atoms with Crippen LogP contribution in [0, 0.1) is 6.92 Å². The molecule has 1 N–H and O–H groups in total. The van der Waals surface area contributed by atoms with Gasteiger partial charge in [0.25, 0.3) is 0 Å². The molecule has 0 unspecified atom stereocenters. The zero-order valence-electron chi connectivity index (χ0n) is 15.5. The van der Waals surface area contributed by atoms with Crippen LogP contribution in [0.15, 0.2) is 60.9 Å². The van der Waals surface area contributed by atoms with Crippen molar-refractivity contribution in [2.24, 2.45) is 0 Å². The van der Waals surface area contributed by atoms with Crippen molar-refractivity contribution in [3.05, 3.63) is 88.2 Å². The normalized spacial score (nSPS) is 10.6. The molecule has 0 saturated carbocycles. The fourth-order valence-electron chi connectivity index (χ4n) is 2.83. The van der Waals surface area contributed by atoms with Crippen LogP contribution < -0.4 is 14.8 Å². The van der Waals surface area contributed by atoms with Gasteiger partial charge in [0.1, 0.15) is 6.61 Å². The Hall–Kier alpha value is -2.56. The summed E-state index contributed by atoms with van der Waals surface area (Å²) in [5, 5.41) is 3.93. The molecule has 5 heteroatoms. The summed E-state index contributed by atoms with van der Waals surface area (Å²) < 4.78 is 11.4. The molecule has 0 amide bonds. The highest BCUT2D eigenvalue weighted by Gasteiger charge is 2.12. The van der Waals surface area contributed by atoms with E-state index in [2.05, 4.69) is 29.4 Å². The van der Waals surface area contributed by atoms with Crippen LogP contribution in [0.5, 0.6) is 11.5 Å². The maximum absolute atomic E-state index is 6.46. The topological polar surface area (TPSA) is 43.4 Å². The first-order chi connectivity index (χ1) is 13.2. The lowest BCUT2D eigenvalue weighted by Crippen LogP contribution is -2.13. The molecule has 0 bridgehead atoms. The number of halogens is 1. The molecule has 1 aromatic heterocycles. The highest BCUT2D eigenvalue weighted by Crippen LogP contribution is 2.37. The minimum atomic E-state index is 0.441. The number of pyridine rings is 1. The standard InChI is InChI=1S/C22H23ClN2O2/c1-16-5-3-6-17(9-16)15-27-22-20(23)10-19(11-21(22)26-2)14-25-13-18-7-4-8-24-12-18/h3-12,25H,13-15H2,1-2H3. The molecule has 0 saturated heterocycles. The van der Waals surface area contributed by atoms with Crippen molar-refractivity contribution in [3.8, 4) is 11.5 Å². The lowest BCUT2D eigenvalue weighted by Gasteiger charge is -2.15. The highest BCUT2D eigenvalue weighted by molar-refractivity contribution is 6.32. The van der Waals surface area contributed by atoms with Gasteiger partial charge in [-0.2, -0.15) is 0 Å². The predicted molar refractivity (Wildman–Crippen MR) is 108 cm³/mol. The smallest absolute Gasteiger partial charge is 0.180 e. The fourth-order valence-corrected chi connectivity index (χ4v) is 3.11. The first-order valence-electron chi connectivity index (χ1n) is 8.80. The van der Waals surface area contributed by atoms with Gasteiger partial charge < -0.3 is 14.8 Å². The third-order valence-corrected chi connectivity index (χ3v) is 4.42. The maximum Gasteiger partial charge on any atom is 0.180 e. The van der Waals surface area contributed by atoms with Crippen LogP contribution in [-0.4, -0.2) is 12.1 Å². The Morgan fingerprint density at radius 3 is 2.56 bits per heavy atom. The van der Waals surface area contributed by atoms with Gasteiger partial charge in [-0.3, -0.25) is 4.98 Å². The molecule has 3 rings (SSSR count). The van der Waals surface area contributed by atoms with Gasteiger partial charge in [-0.15, -0.1) is 0 Å². The van der Waals surface area contributed by atoms with Crippen molar-refractivity contribution in [1.29, 1.82) is 0 Å². The molecule has 3 aromatic rings. The zero-order chi connectivity index (χ0) is 19.1. The second-order valence-corrected chi connectivity index (χ2v) is 6.76. The number of aromatic nitrogens is 1. The van der Waals surface area contributed by atoms with Crippen LogP contribution in [0.1, 0.15) is 22.3 Å². The number of methoxy groups -OCH3 is 1. The van der Waals surface area contributed by atoms with Gasteiger partial charge in [-0.25, -0.2) is 0 Å². The predicted octanol–water partition coefficient (Wildman–Crippen LogP) is 4.92. The Morgan fingerprint density at radius 1 is 1.00 bits per heavy atom. The van der Waals surface area contributed by atoms with E-state index < -0.39 is 0 Å². The van der Waals surface area contributed by atoms with E-state index in [0.29, 0.717) is 29.7 Å². The molecule has 0 fully saturated rings. The van der Waals surface area contributed by atoms with Crippen LogP contribution in [0.25, 0.3) is 0 Å². The molecule has 0 radical (unpaired) electrons. The van der Waals surface area contributed by atoms with Crippen LogP contribution in [0.3, 0.4) is 0 Å². The molecule has 4 nitrogen and oxygen atoms in total. The molecular formula is C22H23ClN2O2. The molecule has 0 spiro atoms. The molecule has 2 aromatic carbocycles. The van der Waals surface area contributed by atoms with Gasteiger partial charge in [0.2, 0.25) is 0 Å². The molecule has 0 aliphatic rings. The number of hydrogen-bond acceptors (Lipinski definition) is 4. The van der Waals surface area contributed by atoms with Crippen molar-refractivity contribution in [2.75, 3.05) is 7.11 Å². The fraction of sp³-hybridized carbons (Fsp3) is 0.227. The molecule has 0 atom stereocenters. The van der Waals surface area contributed by atoms with Crippen LogP contribution >= 0.6 is 11.6 Å². The van der Waals surface area contributed by atoms with E-state index in [1.54, 1.807) is 13.3 Å². The number of ether oxygens (including phenoxy) is 2. The van der Waals surface area contributed by atoms with E-state index in [1.807, 2.05) is 42.6 Å². The lowest BCUT2D eigenvalue weighted by molar-refractivity contribution is 0.284. The Bertz CT molecular complexity index is 885. The number of aryl methyl sites for hydroxylation is 1. The van der Waals surface area contributed by atoms with E-state index in [-0.39, 0.29) is 0 Å². The largest absolute Gasteiger partial charge is 0.493 e. The van der Waals surface area contributed by atoms with Crippen LogP contribution in [0.4, 0.5) is 0 Å². The zero-order valence-corrected chi connectivity index (χ0v) is 16.3. The Labute approximate surface area is 165 Å². The van der Waals surface area contributed by atoms with E-state index in [4.69, 9.17) is 21.1 Å². The number of hydrogen-bond donors (Lipinski definition) is 1. The van der Waals surface area contributed by atoms with Crippen molar-refractivity contribution in [2.45, 2.75) is 26.6 Å². The SMILES string of the molecule is COc1cc(CNCc2cccnc2)cc(Cl)c1OCc1cccc(C)c1. The van der Waals surface area contributed by atoms with Crippen molar-refractivity contribution in [1.82, 2.24) is 10.3 Å².